The van der Waals surface area contributed by atoms with Gasteiger partial charge in [-0.3, -0.25) is 14.9 Å². The van der Waals surface area contributed by atoms with Gasteiger partial charge in [-0.15, -0.1) is 0 Å². The number of hydrogen-bond acceptors (Lipinski definition) is 4. The van der Waals surface area contributed by atoms with Crippen molar-refractivity contribution in [3.63, 3.8) is 0 Å². The number of carbonyl (C=O) groups is 1. The number of rotatable bonds is 5. The summed E-state index contributed by atoms with van der Waals surface area (Å²) in [5.41, 5.74) is 6.08. The number of non-ortho nitro benzene ring substituents is 1. The first-order valence-corrected chi connectivity index (χ1v) is 6.27. The van der Waals surface area contributed by atoms with Crippen LogP contribution in [0, 0.1) is 10.1 Å². The first-order valence-electron chi connectivity index (χ1n) is 6.27. The minimum Gasteiger partial charge on any atom is -0.398 e. The lowest BCUT2D eigenvalue weighted by Crippen LogP contribution is -2.38. The molecule has 0 aliphatic heterocycles. The number of benzene rings is 1. The predicted octanol–water partition coefficient (Wildman–Crippen LogP) is 2.44. The molecule has 0 radical (unpaired) electrons. The summed E-state index contributed by atoms with van der Waals surface area (Å²) in [5.74, 6) is -0.266. The highest BCUT2D eigenvalue weighted by atomic mass is 16.6. The van der Waals surface area contributed by atoms with E-state index in [9.17, 15) is 14.9 Å². The highest BCUT2D eigenvalue weighted by Crippen LogP contribution is 2.22. The fraction of sp³-hybridized carbons (Fsp3) is 0.462. The van der Waals surface area contributed by atoms with E-state index < -0.39 is 4.92 Å². The van der Waals surface area contributed by atoms with Gasteiger partial charge in [0.15, 0.2) is 0 Å². The van der Waals surface area contributed by atoms with Gasteiger partial charge in [-0.25, -0.2) is 0 Å². The molecule has 2 N–H and O–H groups in total. The zero-order chi connectivity index (χ0) is 14.6. The van der Waals surface area contributed by atoms with Crippen LogP contribution in [0.5, 0.6) is 0 Å². The van der Waals surface area contributed by atoms with Gasteiger partial charge in [0.1, 0.15) is 0 Å². The molecule has 0 heterocycles. The first-order chi connectivity index (χ1) is 8.92. The molecule has 6 heteroatoms. The average molecular weight is 265 g/mol. The van der Waals surface area contributed by atoms with Crippen LogP contribution in [0.4, 0.5) is 11.4 Å². The van der Waals surface area contributed by atoms with Gasteiger partial charge in [0.05, 0.1) is 10.5 Å². The molecule has 0 aromatic heterocycles. The molecular formula is C13H19N3O3. The minimum atomic E-state index is -0.532. The summed E-state index contributed by atoms with van der Waals surface area (Å²) >= 11 is 0. The van der Waals surface area contributed by atoms with Gasteiger partial charge >= 0.3 is 0 Å². The second kappa shape index (κ2) is 6.17. The summed E-state index contributed by atoms with van der Waals surface area (Å²) in [6.45, 7) is 6.33. The topological polar surface area (TPSA) is 89.5 Å². The monoisotopic (exact) mass is 265 g/mol. The van der Waals surface area contributed by atoms with Crippen LogP contribution >= 0.6 is 0 Å². The van der Waals surface area contributed by atoms with E-state index in [1.54, 1.807) is 4.90 Å². The highest BCUT2D eigenvalue weighted by Gasteiger charge is 2.22. The molecule has 1 rings (SSSR count). The van der Waals surface area contributed by atoms with Crippen molar-refractivity contribution in [2.45, 2.75) is 33.2 Å². The van der Waals surface area contributed by atoms with Gasteiger partial charge < -0.3 is 10.6 Å². The fourth-order valence-corrected chi connectivity index (χ4v) is 1.87. The van der Waals surface area contributed by atoms with E-state index in [4.69, 9.17) is 5.73 Å². The first kappa shape index (κ1) is 14.9. The molecule has 1 unspecified atom stereocenters. The summed E-state index contributed by atoms with van der Waals surface area (Å²) in [6.07, 6.45) is 0.814. The third kappa shape index (κ3) is 3.21. The molecule has 1 amide bonds. The second-order valence-electron chi connectivity index (χ2n) is 4.38. The van der Waals surface area contributed by atoms with Crippen LogP contribution < -0.4 is 5.73 Å². The Bertz CT molecular complexity index is 488. The van der Waals surface area contributed by atoms with Gasteiger partial charge in [-0.2, -0.15) is 0 Å². The normalized spacial score (nSPS) is 11.9. The third-order valence-corrected chi connectivity index (χ3v) is 3.20. The van der Waals surface area contributed by atoms with E-state index in [-0.39, 0.29) is 28.9 Å². The Morgan fingerprint density at radius 3 is 2.58 bits per heavy atom. The molecule has 0 aliphatic rings. The molecule has 0 aliphatic carbocycles. The van der Waals surface area contributed by atoms with Crippen LogP contribution in [0.25, 0.3) is 0 Å². The lowest BCUT2D eigenvalue weighted by Gasteiger charge is -2.27. The molecule has 0 bridgehead atoms. The van der Waals surface area contributed by atoms with E-state index in [1.807, 2.05) is 20.8 Å². The van der Waals surface area contributed by atoms with Crippen molar-refractivity contribution in [3.8, 4) is 0 Å². The highest BCUT2D eigenvalue weighted by molar-refractivity contribution is 6.00. The van der Waals surface area contributed by atoms with Crippen LogP contribution in [-0.2, 0) is 0 Å². The van der Waals surface area contributed by atoms with Crippen molar-refractivity contribution in [1.82, 2.24) is 4.90 Å². The number of nitro benzene ring substituents is 1. The summed E-state index contributed by atoms with van der Waals surface area (Å²) in [4.78, 5) is 24.3. The Morgan fingerprint density at radius 1 is 1.47 bits per heavy atom. The molecular weight excluding hydrogens is 246 g/mol. The Morgan fingerprint density at radius 2 is 2.11 bits per heavy atom. The summed E-state index contributed by atoms with van der Waals surface area (Å²) in [5, 5.41) is 10.8. The largest absolute Gasteiger partial charge is 0.398 e. The van der Waals surface area contributed by atoms with Crippen molar-refractivity contribution in [3.05, 3.63) is 33.9 Å². The van der Waals surface area contributed by atoms with Gasteiger partial charge in [0.2, 0.25) is 0 Å². The Balaban J connectivity index is 3.17. The zero-order valence-corrected chi connectivity index (χ0v) is 11.4. The third-order valence-electron chi connectivity index (χ3n) is 3.20. The maximum atomic E-state index is 12.4. The zero-order valence-electron chi connectivity index (χ0n) is 11.4. The number of nitrogens with zero attached hydrogens (tertiary/aromatic N) is 2. The van der Waals surface area contributed by atoms with Gasteiger partial charge in [-0.1, -0.05) is 6.92 Å². The SMILES string of the molecule is CCC(C)N(CC)C(=O)c1cc([N+](=O)[O-])ccc1N. The summed E-state index contributed by atoms with van der Waals surface area (Å²) in [7, 11) is 0. The molecule has 19 heavy (non-hydrogen) atoms. The van der Waals surface area contributed by atoms with E-state index in [0.29, 0.717) is 6.54 Å². The Labute approximate surface area is 112 Å². The van der Waals surface area contributed by atoms with Gasteiger partial charge in [0, 0.05) is 30.4 Å². The second-order valence-corrected chi connectivity index (χ2v) is 4.38. The average Bonchev–Trinajstić information content (AvgIpc) is 2.39. The molecule has 0 fully saturated rings. The number of amides is 1. The molecule has 0 spiro atoms. The van der Waals surface area contributed by atoms with Crippen molar-refractivity contribution in [1.29, 1.82) is 0 Å². The van der Waals surface area contributed by atoms with Crippen LogP contribution in [0.2, 0.25) is 0 Å². The van der Waals surface area contributed by atoms with Crippen molar-refractivity contribution in [2.24, 2.45) is 0 Å². The van der Waals surface area contributed by atoms with E-state index in [1.165, 1.54) is 18.2 Å². The maximum absolute atomic E-state index is 12.4. The minimum absolute atomic E-state index is 0.0659. The predicted molar refractivity (Wildman–Crippen MR) is 74.0 cm³/mol. The number of nitrogens with two attached hydrogens (primary N) is 1. The van der Waals surface area contributed by atoms with E-state index >= 15 is 0 Å². The van der Waals surface area contributed by atoms with Crippen molar-refractivity contribution >= 4 is 17.3 Å². The molecule has 1 aromatic carbocycles. The lowest BCUT2D eigenvalue weighted by molar-refractivity contribution is -0.384. The summed E-state index contributed by atoms with van der Waals surface area (Å²) < 4.78 is 0. The van der Waals surface area contributed by atoms with Crippen LogP contribution in [0.15, 0.2) is 18.2 Å². The molecule has 104 valence electrons. The molecule has 0 saturated heterocycles. The summed E-state index contributed by atoms with van der Waals surface area (Å²) in [6, 6.07) is 4.00. The van der Waals surface area contributed by atoms with Crippen LogP contribution in [0.3, 0.4) is 0 Å². The number of nitrogen functional groups attached to an aromatic ring is 1. The smallest absolute Gasteiger partial charge is 0.270 e. The van der Waals surface area contributed by atoms with Crippen LogP contribution in [-0.4, -0.2) is 28.3 Å². The Hall–Kier alpha value is -2.11. The Kier molecular flexibility index (Phi) is 4.86. The standard InChI is InChI=1S/C13H19N3O3/c1-4-9(3)15(5-2)13(17)11-8-10(16(18)19)6-7-12(11)14/h6-9H,4-5,14H2,1-3H3. The van der Waals surface area contributed by atoms with Crippen LogP contribution in [0.1, 0.15) is 37.6 Å². The maximum Gasteiger partial charge on any atom is 0.270 e. The lowest BCUT2D eigenvalue weighted by atomic mass is 10.1. The van der Waals surface area contributed by atoms with Gasteiger partial charge in [-0.05, 0) is 26.3 Å². The van der Waals surface area contributed by atoms with Gasteiger partial charge in [0.25, 0.3) is 11.6 Å². The molecule has 1 atom stereocenters. The number of hydrogen-bond donors (Lipinski definition) is 1. The molecule has 1 aromatic rings. The van der Waals surface area contributed by atoms with Crippen molar-refractivity contribution < 1.29 is 9.72 Å². The molecule has 6 nitrogen and oxygen atoms in total. The van der Waals surface area contributed by atoms with E-state index in [0.717, 1.165) is 6.42 Å². The number of carbonyl (C=O) groups excluding carboxylic acids is 1. The molecule has 0 saturated carbocycles. The fourth-order valence-electron chi connectivity index (χ4n) is 1.87. The van der Waals surface area contributed by atoms with Crippen molar-refractivity contribution in [2.75, 3.05) is 12.3 Å². The number of anilines is 1. The van der Waals surface area contributed by atoms with E-state index in [2.05, 4.69) is 0 Å². The number of nitro groups is 1. The quantitative estimate of drug-likeness (QED) is 0.503.